The number of rotatable bonds is 9. The second-order valence-electron chi connectivity index (χ2n) is 8.67. The lowest BCUT2D eigenvalue weighted by atomic mass is 9.97. The Morgan fingerprint density at radius 2 is 1.97 bits per heavy atom. The van der Waals surface area contributed by atoms with Crippen LogP contribution in [0.3, 0.4) is 0 Å². The van der Waals surface area contributed by atoms with Gasteiger partial charge in [-0.2, -0.15) is 0 Å². The first-order valence-corrected chi connectivity index (χ1v) is 12.7. The topological polar surface area (TPSA) is 56.0 Å². The third-order valence-corrected chi connectivity index (χ3v) is 7.31. The highest BCUT2D eigenvalue weighted by Crippen LogP contribution is 2.26. The number of hydrogen-bond donors (Lipinski definition) is 2. The van der Waals surface area contributed by atoms with Crippen molar-refractivity contribution in [3.63, 3.8) is 0 Å². The van der Waals surface area contributed by atoms with Gasteiger partial charge in [-0.3, -0.25) is 14.8 Å². The summed E-state index contributed by atoms with van der Waals surface area (Å²) >= 11 is 1.86. The molecular formula is C24H38IN5OS. The minimum atomic E-state index is 0. The molecule has 2 aromatic heterocycles. The van der Waals surface area contributed by atoms with Crippen LogP contribution < -0.4 is 10.6 Å². The molecule has 0 radical (unpaired) electrons. The standard InChI is InChI=1S/C24H37N5OS.HI/c1-2-25-24(27-18-22(23-8-5-15-30-23)29-11-3-4-12-29)26-17-20-9-13-28(14-10-20)19-21-7-6-16-31-21;/h5-8,15-16,20,22H,2-4,9-14,17-19H2,1H3,(H2,25,26,27);1H. The third-order valence-electron chi connectivity index (χ3n) is 6.44. The van der Waals surface area contributed by atoms with Crippen molar-refractivity contribution in [2.75, 3.05) is 45.8 Å². The Labute approximate surface area is 213 Å². The molecule has 2 aromatic rings. The summed E-state index contributed by atoms with van der Waals surface area (Å²) in [4.78, 5) is 11.5. The number of aliphatic imine (C=N–C) groups is 1. The number of likely N-dealkylation sites (tertiary alicyclic amines) is 2. The van der Waals surface area contributed by atoms with Crippen molar-refractivity contribution in [2.45, 2.75) is 45.2 Å². The Kier molecular flexibility index (Phi) is 10.8. The van der Waals surface area contributed by atoms with Gasteiger partial charge in [0.15, 0.2) is 5.96 Å². The van der Waals surface area contributed by atoms with Crippen molar-refractivity contribution in [3.05, 3.63) is 46.5 Å². The van der Waals surface area contributed by atoms with Crippen LogP contribution in [0.25, 0.3) is 0 Å². The normalized spacial score (nSPS) is 19.6. The van der Waals surface area contributed by atoms with E-state index >= 15 is 0 Å². The molecule has 4 rings (SSSR count). The van der Waals surface area contributed by atoms with E-state index in [2.05, 4.69) is 50.9 Å². The molecule has 0 spiro atoms. The monoisotopic (exact) mass is 571 g/mol. The number of guanidine groups is 1. The zero-order valence-electron chi connectivity index (χ0n) is 19.2. The zero-order valence-corrected chi connectivity index (χ0v) is 22.3. The van der Waals surface area contributed by atoms with Gasteiger partial charge in [-0.25, -0.2) is 0 Å². The molecule has 1 atom stereocenters. The van der Waals surface area contributed by atoms with E-state index in [4.69, 9.17) is 9.41 Å². The number of piperidine rings is 1. The molecule has 0 aromatic carbocycles. The summed E-state index contributed by atoms with van der Waals surface area (Å²) in [5, 5.41) is 9.22. The fourth-order valence-corrected chi connectivity index (χ4v) is 5.40. The molecule has 6 nitrogen and oxygen atoms in total. The molecular weight excluding hydrogens is 533 g/mol. The van der Waals surface area contributed by atoms with E-state index in [9.17, 15) is 0 Å². The zero-order chi connectivity index (χ0) is 21.3. The van der Waals surface area contributed by atoms with Crippen molar-refractivity contribution in [1.29, 1.82) is 0 Å². The van der Waals surface area contributed by atoms with Gasteiger partial charge in [0.05, 0.1) is 18.8 Å². The number of furan rings is 1. The van der Waals surface area contributed by atoms with Crippen LogP contribution in [0, 0.1) is 5.92 Å². The third kappa shape index (κ3) is 7.46. The van der Waals surface area contributed by atoms with Gasteiger partial charge in [0.25, 0.3) is 0 Å². The summed E-state index contributed by atoms with van der Waals surface area (Å²) in [6.45, 7) is 10.5. The molecule has 2 aliphatic heterocycles. The smallest absolute Gasteiger partial charge is 0.191 e. The van der Waals surface area contributed by atoms with E-state index in [-0.39, 0.29) is 30.0 Å². The summed E-state index contributed by atoms with van der Waals surface area (Å²) in [7, 11) is 0. The van der Waals surface area contributed by atoms with Gasteiger partial charge in [0.1, 0.15) is 5.76 Å². The van der Waals surface area contributed by atoms with Crippen LogP contribution in [0.5, 0.6) is 0 Å². The first-order valence-electron chi connectivity index (χ1n) is 11.9. The van der Waals surface area contributed by atoms with Crippen molar-refractivity contribution in [1.82, 2.24) is 20.4 Å². The van der Waals surface area contributed by atoms with Crippen LogP contribution in [-0.4, -0.2) is 61.6 Å². The molecule has 0 aliphatic carbocycles. The summed E-state index contributed by atoms with van der Waals surface area (Å²) < 4.78 is 5.75. The van der Waals surface area contributed by atoms with Crippen LogP contribution in [0.4, 0.5) is 0 Å². The molecule has 2 saturated heterocycles. The van der Waals surface area contributed by atoms with Crippen molar-refractivity contribution < 1.29 is 4.42 Å². The molecule has 4 heterocycles. The quantitative estimate of drug-likeness (QED) is 0.263. The van der Waals surface area contributed by atoms with Gasteiger partial charge in [-0.05, 0) is 88.3 Å². The van der Waals surface area contributed by atoms with Crippen molar-refractivity contribution in [2.24, 2.45) is 10.9 Å². The fraction of sp³-hybridized carbons (Fsp3) is 0.625. The van der Waals surface area contributed by atoms with Crippen LogP contribution in [-0.2, 0) is 6.54 Å². The Bertz CT molecular complexity index is 768. The highest BCUT2D eigenvalue weighted by atomic mass is 127. The van der Waals surface area contributed by atoms with Crippen molar-refractivity contribution >= 4 is 41.3 Å². The molecule has 0 amide bonds. The highest BCUT2D eigenvalue weighted by molar-refractivity contribution is 14.0. The van der Waals surface area contributed by atoms with Crippen LogP contribution in [0.2, 0.25) is 0 Å². The first kappa shape index (κ1) is 25.5. The predicted octanol–water partition coefficient (Wildman–Crippen LogP) is 4.56. The minimum absolute atomic E-state index is 0. The lowest BCUT2D eigenvalue weighted by molar-refractivity contribution is 0.179. The van der Waals surface area contributed by atoms with E-state index in [1.165, 1.54) is 43.6 Å². The second-order valence-corrected chi connectivity index (χ2v) is 9.71. The number of nitrogens with zero attached hydrogens (tertiary/aromatic N) is 3. The Hall–Kier alpha value is -1.10. The predicted molar refractivity (Wildman–Crippen MR) is 144 cm³/mol. The van der Waals surface area contributed by atoms with E-state index in [0.717, 1.165) is 51.0 Å². The van der Waals surface area contributed by atoms with Crippen LogP contribution in [0.15, 0.2) is 45.3 Å². The molecule has 0 bridgehead atoms. The van der Waals surface area contributed by atoms with Gasteiger partial charge < -0.3 is 15.1 Å². The summed E-state index contributed by atoms with van der Waals surface area (Å²) in [6.07, 6.45) is 6.81. The van der Waals surface area contributed by atoms with E-state index in [1.54, 1.807) is 6.26 Å². The SMILES string of the molecule is CCNC(=NCC(c1ccco1)N1CCCC1)NCC1CCN(Cc2cccs2)CC1.I. The summed E-state index contributed by atoms with van der Waals surface area (Å²) in [6, 6.07) is 8.70. The second kappa shape index (κ2) is 13.6. The minimum Gasteiger partial charge on any atom is -0.468 e. The maximum Gasteiger partial charge on any atom is 0.191 e. The number of halogens is 1. The van der Waals surface area contributed by atoms with Crippen molar-refractivity contribution in [3.8, 4) is 0 Å². The van der Waals surface area contributed by atoms with Gasteiger partial charge >= 0.3 is 0 Å². The molecule has 0 saturated carbocycles. The molecule has 1 unspecified atom stereocenters. The molecule has 2 N–H and O–H groups in total. The largest absolute Gasteiger partial charge is 0.468 e. The van der Waals surface area contributed by atoms with Gasteiger partial charge in [-0.1, -0.05) is 6.07 Å². The maximum atomic E-state index is 5.75. The summed E-state index contributed by atoms with van der Waals surface area (Å²) in [5.41, 5.74) is 0. The Morgan fingerprint density at radius 1 is 1.16 bits per heavy atom. The molecule has 8 heteroatoms. The Balaban J connectivity index is 0.00000289. The molecule has 32 heavy (non-hydrogen) atoms. The molecule has 2 fully saturated rings. The van der Waals surface area contributed by atoms with Gasteiger partial charge in [0.2, 0.25) is 0 Å². The molecule has 2 aliphatic rings. The average molecular weight is 572 g/mol. The van der Waals surface area contributed by atoms with E-state index in [1.807, 2.05) is 17.4 Å². The average Bonchev–Trinajstić information content (AvgIpc) is 3.57. The van der Waals surface area contributed by atoms with Gasteiger partial charge in [-0.15, -0.1) is 35.3 Å². The number of hydrogen-bond acceptors (Lipinski definition) is 5. The lowest BCUT2D eigenvalue weighted by Crippen LogP contribution is -2.43. The summed E-state index contributed by atoms with van der Waals surface area (Å²) in [5.74, 6) is 2.67. The highest BCUT2D eigenvalue weighted by Gasteiger charge is 2.25. The van der Waals surface area contributed by atoms with E-state index < -0.39 is 0 Å². The van der Waals surface area contributed by atoms with E-state index in [0.29, 0.717) is 5.92 Å². The lowest BCUT2D eigenvalue weighted by Gasteiger charge is -2.32. The maximum absolute atomic E-state index is 5.75. The molecule has 178 valence electrons. The van der Waals surface area contributed by atoms with Gasteiger partial charge in [0, 0.05) is 24.5 Å². The number of thiophene rings is 1. The number of nitrogens with one attached hydrogen (secondary N) is 2. The fourth-order valence-electron chi connectivity index (χ4n) is 4.65. The van der Waals surface area contributed by atoms with Crippen LogP contribution in [0.1, 0.15) is 49.3 Å². The Morgan fingerprint density at radius 3 is 2.62 bits per heavy atom. The first-order chi connectivity index (χ1) is 15.3. The van der Waals surface area contributed by atoms with Crippen LogP contribution >= 0.6 is 35.3 Å².